The van der Waals surface area contributed by atoms with Crippen LogP contribution in [0.4, 0.5) is 5.69 Å². The highest BCUT2D eigenvalue weighted by Gasteiger charge is 2.31. The summed E-state index contributed by atoms with van der Waals surface area (Å²) in [5.74, 6) is -0.0173. The van der Waals surface area contributed by atoms with Crippen molar-refractivity contribution in [2.75, 3.05) is 11.4 Å². The number of anilines is 1. The zero-order valence-electron chi connectivity index (χ0n) is 16.3. The maximum Gasteiger partial charge on any atom is 0.294 e. The molecule has 31 heavy (non-hydrogen) atoms. The predicted molar refractivity (Wildman–Crippen MR) is 125 cm³/mol. The van der Waals surface area contributed by atoms with E-state index in [4.69, 9.17) is 16.3 Å². The second kappa shape index (κ2) is 9.37. The molecule has 156 valence electrons. The zero-order chi connectivity index (χ0) is 21.8. The fourth-order valence-corrected chi connectivity index (χ4v) is 3.82. The molecule has 0 aromatic heterocycles. The minimum absolute atomic E-state index is 0.139. The summed E-state index contributed by atoms with van der Waals surface area (Å²) in [7, 11) is 0. The van der Waals surface area contributed by atoms with Crippen LogP contribution in [0.15, 0.2) is 83.0 Å². The Kier molecular flexibility index (Phi) is 6.39. The van der Waals surface area contributed by atoms with Gasteiger partial charge < -0.3 is 10.1 Å². The third-order valence-corrected chi connectivity index (χ3v) is 5.58. The summed E-state index contributed by atoms with van der Waals surface area (Å²) in [5.41, 5.74) is 2.16. The molecule has 0 radical (unpaired) electrons. The van der Waals surface area contributed by atoms with E-state index in [-0.39, 0.29) is 30.7 Å². The van der Waals surface area contributed by atoms with Crippen LogP contribution in [0.25, 0.3) is 6.08 Å². The van der Waals surface area contributed by atoms with E-state index in [1.165, 1.54) is 4.90 Å². The summed E-state index contributed by atoms with van der Waals surface area (Å²) in [4.78, 5) is 27.2. The van der Waals surface area contributed by atoms with Crippen molar-refractivity contribution in [2.24, 2.45) is 0 Å². The van der Waals surface area contributed by atoms with Crippen LogP contribution in [0.1, 0.15) is 11.1 Å². The quantitative estimate of drug-likeness (QED) is 0.494. The molecule has 0 aliphatic carbocycles. The lowest BCUT2D eigenvalue weighted by Crippen LogP contribution is -2.44. The Labute approximate surface area is 193 Å². The van der Waals surface area contributed by atoms with E-state index in [9.17, 15) is 9.59 Å². The number of ether oxygens (including phenoxy) is 1. The van der Waals surface area contributed by atoms with Crippen LogP contribution in [0.2, 0.25) is 5.02 Å². The van der Waals surface area contributed by atoms with Crippen LogP contribution in [-0.4, -0.2) is 18.4 Å². The third-order valence-electron chi connectivity index (χ3n) is 4.71. The van der Waals surface area contributed by atoms with Gasteiger partial charge in [-0.15, -0.1) is 0 Å². The zero-order valence-corrected chi connectivity index (χ0v) is 18.7. The molecule has 0 atom stereocenters. The average molecular weight is 498 g/mol. The van der Waals surface area contributed by atoms with Gasteiger partial charge >= 0.3 is 0 Å². The number of para-hydroxylation sites is 2. The highest BCUT2D eigenvalue weighted by atomic mass is 79.9. The molecule has 3 aromatic carbocycles. The SMILES string of the molecule is O=C(CN1C(=O)/C(=C/c2cccc(Br)c2)Oc2ccccc21)NCc1ccccc1Cl. The van der Waals surface area contributed by atoms with Gasteiger partial charge in [-0.2, -0.15) is 0 Å². The molecule has 0 fully saturated rings. The number of hydrogen-bond acceptors (Lipinski definition) is 3. The smallest absolute Gasteiger partial charge is 0.294 e. The van der Waals surface area contributed by atoms with Crippen molar-refractivity contribution in [3.63, 3.8) is 0 Å². The number of benzene rings is 3. The molecule has 1 N–H and O–H groups in total. The van der Waals surface area contributed by atoms with Crippen molar-refractivity contribution in [3.8, 4) is 5.75 Å². The van der Waals surface area contributed by atoms with Gasteiger partial charge in [-0.25, -0.2) is 0 Å². The van der Waals surface area contributed by atoms with Crippen molar-refractivity contribution in [2.45, 2.75) is 6.54 Å². The highest BCUT2D eigenvalue weighted by Crippen LogP contribution is 2.35. The highest BCUT2D eigenvalue weighted by molar-refractivity contribution is 9.10. The fraction of sp³-hybridized carbons (Fsp3) is 0.0833. The first-order valence-electron chi connectivity index (χ1n) is 9.57. The van der Waals surface area contributed by atoms with Crippen LogP contribution in [0.3, 0.4) is 0 Å². The summed E-state index contributed by atoms with van der Waals surface area (Å²) >= 11 is 9.58. The normalized spacial score (nSPS) is 14.2. The molecule has 3 aromatic rings. The lowest BCUT2D eigenvalue weighted by atomic mass is 10.1. The monoisotopic (exact) mass is 496 g/mol. The summed E-state index contributed by atoms with van der Waals surface area (Å²) in [6.07, 6.45) is 1.66. The fourth-order valence-electron chi connectivity index (χ4n) is 3.20. The van der Waals surface area contributed by atoms with Crippen molar-refractivity contribution in [1.82, 2.24) is 5.32 Å². The average Bonchev–Trinajstić information content (AvgIpc) is 2.76. The van der Waals surface area contributed by atoms with Crippen molar-refractivity contribution in [3.05, 3.63) is 99.2 Å². The standard InChI is InChI=1S/C24H18BrClN2O3/c25-18-8-5-6-16(12-18)13-22-24(30)28(20-10-3-4-11-21(20)31-22)15-23(29)27-14-17-7-1-2-9-19(17)26/h1-13H,14-15H2,(H,27,29)/b22-13-. The summed E-state index contributed by atoms with van der Waals surface area (Å²) < 4.78 is 6.74. The van der Waals surface area contributed by atoms with Gasteiger partial charge in [0.1, 0.15) is 6.54 Å². The van der Waals surface area contributed by atoms with Gasteiger partial charge in [0.2, 0.25) is 5.91 Å². The predicted octanol–water partition coefficient (Wildman–Crippen LogP) is 5.19. The van der Waals surface area contributed by atoms with Crippen LogP contribution in [0, 0.1) is 0 Å². The lowest BCUT2D eigenvalue weighted by molar-refractivity contribution is -0.123. The summed E-state index contributed by atoms with van der Waals surface area (Å²) in [6, 6.07) is 22.0. The number of nitrogens with one attached hydrogen (secondary N) is 1. The first-order valence-corrected chi connectivity index (χ1v) is 10.7. The molecular weight excluding hydrogens is 480 g/mol. The van der Waals surface area contributed by atoms with Crippen LogP contribution in [0.5, 0.6) is 5.75 Å². The topological polar surface area (TPSA) is 58.6 Å². The van der Waals surface area contributed by atoms with E-state index >= 15 is 0 Å². The largest absolute Gasteiger partial charge is 0.449 e. The number of rotatable bonds is 5. The number of amides is 2. The summed E-state index contributed by atoms with van der Waals surface area (Å²) in [6.45, 7) is 0.138. The Balaban J connectivity index is 1.56. The third kappa shape index (κ3) is 4.98. The molecule has 1 aliphatic heterocycles. The van der Waals surface area contributed by atoms with Crippen LogP contribution < -0.4 is 15.0 Å². The van der Waals surface area contributed by atoms with E-state index in [1.54, 1.807) is 30.3 Å². The molecule has 1 heterocycles. The van der Waals surface area contributed by atoms with E-state index in [2.05, 4.69) is 21.2 Å². The number of halogens is 2. The maximum absolute atomic E-state index is 13.2. The van der Waals surface area contributed by atoms with Crippen molar-refractivity contribution < 1.29 is 14.3 Å². The van der Waals surface area contributed by atoms with Crippen molar-refractivity contribution in [1.29, 1.82) is 0 Å². The van der Waals surface area contributed by atoms with Gasteiger partial charge in [-0.3, -0.25) is 14.5 Å². The number of nitrogens with zero attached hydrogens (tertiary/aromatic N) is 1. The molecule has 0 saturated heterocycles. The molecule has 0 bridgehead atoms. The molecular formula is C24H18BrClN2O3. The number of hydrogen-bond donors (Lipinski definition) is 1. The molecule has 1 aliphatic rings. The minimum atomic E-state index is -0.383. The Hall–Kier alpha value is -3.09. The minimum Gasteiger partial charge on any atom is -0.449 e. The van der Waals surface area contributed by atoms with E-state index in [0.717, 1.165) is 15.6 Å². The van der Waals surface area contributed by atoms with Gasteiger partial charge in [0, 0.05) is 16.0 Å². The molecule has 2 amide bonds. The first kappa shape index (κ1) is 21.2. The van der Waals surface area contributed by atoms with E-state index in [1.807, 2.05) is 48.5 Å². The lowest BCUT2D eigenvalue weighted by Gasteiger charge is -2.30. The van der Waals surface area contributed by atoms with E-state index in [0.29, 0.717) is 16.5 Å². The van der Waals surface area contributed by atoms with Gasteiger partial charge in [0.25, 0.3) is 5.91 Å². The second-order valence-electron chi connectivity index (χ2n) is 6.89. The molecule has 0 unspecified atom stereocenters. The van der Waals surface area contributed by atoms with Crippen LogP contribution in [-0.2, 0) is 16.1 Å². The van der Waals surface area contributed by atoms with Gasteiger partial charge in [0.05, 0.1) is 5.69 Å². The Morgan fingerprint density at radius 2 is 1.84 bits per heavy atom. The molecule has 7 heteroatoms. The molecule has 0 saturated carbocycles. The van der Waals surface area contributed by atoms with Gasteiger partial charge in [-0.05, 0) is 47.5 Å². The number of fused-ring (bicyclic) bond motifs is 1. The van der Waals surface area contributed by atoms with Gasteiger partial charge in [-0.1, -0.05) is 70.0 Å². The summed E-state index contributed by atoms with van der Waals surface area (Å²) in [5, 5.41) is 3.41. The van der Waals surface area contributed by atoms with Crippen molar-refractivity contribution >= 4 is 51.1 Å². The van der Waals surface area contributed by atoms with E-state index < -0.39 is 0 Å². The Morgan fingerprint density at radius 1 is 1.06 bits per heavy atom. The Morgan fingerprint density at radius 3 is 2.65 bits per heavy atom. The van der Waals surface area contributed by atoms with Crippen LogP contribution >= 0.6 is 27.5 Å². The first-order chi connectivity index (χ1) is 15.0. The van der Waals surface area contributed by atoms with Gasteiger partial charge in [0.15, 0.2) is 11.5 Å². The second-order valence-corrected chi connectivity index (χ2v) is 8.22. The molecule has 5 nitrogen and oxygen atoms in total. The Bertz CT molecular complexity index is 1180. The number of carbonyl (C=O) groups excluding carboxylic acids is 2. The molecule has 0 spiro atoms. The molecule has 4 rings (SSSR count). The maximum atomic E-state index is 13.2. The number of carbonyl (C=O) groups is 2.